The first-order valence-corrected chi connectivity index (χ1v) is 8.44. The van der Waals surface area contributed by atoms with Crippen molar-refractivity contribution in [3.8, 4) is 5.69 Å². The second-order valence-electron chi connectivity index (χ2n) is 6.13. The third kappa shape index (κ3) is 3.21. The van der Waals surface area contributed by atoms with Crippen molar-refractivity contribution < 1.29 is 8.78 Å². The van der Waals surface area contributed by atoms with Crippen LogP contribution in [0.2, 0.25) is 5.02 Å². The summed E-state index contributed by atoms with van der Waals surface area (Å²) in [6, 6.07) is 9.89. The SMILES string of the molecule is Cn1cnc2c(=O)n(-c3ccc(Cl)cc3)c(Cc3cc(F)cc(F)c3)nc21. The molecule has 4 rings (SSSR count). The van der Waals surface area contributed by atoms with Crippen molar-refractivity contribution in [3.05, 3.63) is 87.2 Å². The minimum absolute atomic E-state index is 0.0632. The molecular formula is C19H13ClF2N4O. The lowest BCUT2D eigenvalue weighted by Gasteiger charge is -2.13. The number of halogens is 3. The van der Waals surface area contributed by atoms with Gasteiger partial charge in [-0.2, -0.15) is 0 Å². The predicted molar refractivity (Wildman–Crippen MR) is 98.3 cm³/mol. The summed E-state index contributed by atoms with van der Waals surface area (Å²) in [7, 11) is 1.72. The van der Waals surface area contributed by atoms with E-state index in [0.29, 0.717) is 27.7 Å². The molecule has 0 fully saturated rings. The Balaban J connectivity index is 1.96. The molecule has 4 aromatic rings. The highest BCUT2D eigenvalue weighted by molar-refractivity contribution is 6.30. The van der Waals surface area contributed by atoms with Crippen LogP contribution < -0.4 is 5.56 Å². The molecule has 5 nitrogen and oxygen atoms in total. The van der Waals surface area contributed by atoms with E-state index in [9.17, 15) is 13.6 Å². The van der Waals surface area contributed by atoms with E-state index in [4.69, 9.17) is 11.6 Å². The Morgan fingerprint density at radius 1 is 1.07 bits per heavy atom. The molecule has 0 radical (unpaired) electrons. The van der Waals surface area contributed by atoms with Crippen molar-refractivity contribution in [3.63, 3.8) is 0 Å². The van der Waals surface area contributed by atoms with Crippen LogP contribution in [0.5, 0.6) is 0 Å². The molecule has 0 N–H and O–H groups in total. The molecule has 2 aromatic heterocycles. The highest BCUT2D eigenvalue weighted by atomic mass is 35.5. The molecule has 8 heteroatoms. The van der Waals surface area contributed by atoms with Gasteiger partial charge >= 0.3 is 0 Å². The monoisotopic (exact) mass is 386 g/mol. The topological polar surface area (TPSA) is 52.7 Å². The molecule has 2 heterocycles. The largest absolute Gasteiger partial charge is 0.318 e. The summed E-state index contributed by atoms with van der Waals surface area (Å²) in [4.78, 5) is 21.7. The molecule has 0 saturated carbocycles. The fourth-order valence-electron chi connectivity index (χ4n) is 2.97. The van der Waals surface area contributed by atoms with Gasteiger partial charge in [0.25, 0.3) is 5.56 Å². The van der Waals surface area contributed by atoms with Crippen molar-refractivity contribution in [2.45, 2.75) is 6.42 Å². The number of hydrogen-bond donors (Lipinski definition) is 0. The molecule has 0 amide bonds. The predicted octanol–water partition coefficient (Wildman–Crippen LogP) is 3.64. The average Bonchev–Trinajstić information content (AvgIpc) is 2.97. The van der Waals surface area contributed by atoms with E-state index in [0.717, 1.165) is 6.07 Å². The van der Waals surface area contributed by atoms with Crippen LogP contribution in [0.1, 0.15) is 11.4 Å². The van der Waals surface area contributed by atoms with E-state index in [1.54, 1.807) is 35.9 Å². The Morgan fingerprint density at radius 2 is 1.74 bits per heavy atom. The van der Waals surface area contributed by atoms with Crippen LogP contribution in [-0.4, -0.2) is 19.1 Å². The maximum atomic E-state index is 13.6. The van der Waals surface area contributed by atoms with Gasteiger partial charge in [-0.25, -0.2) is 18.7 Å². The summed E-state index contributed by atoms with van der Waals surface area (Å²) in [5.41, 5.74) is 1.15. The van der Waals surface area contributed by atoms with Crippen LogP contribution >= 0.6 is 11.6 Å². The maximum absolute atomic E-state index is 13.6. The summed E-state index contributed by atoms with van der Waals surface area (Å²) in [6.07, 6.45) is 1.56. The molecule has 0 bridgehead atoms. The highest BCUT2D eigenvalue weighted by Gasteiger charge is 2.17. The number of hydrogen-bond acceptors (Lipinski definition) is 3. The number of benzene rings is 2. The van der Waals surface area contributed by atoms with Crippen molar-refractivity contribution in [1.82, 2.24) is 19.1 Å². The number of aromatic nitrogens is 4. The lowest BCUT2D eigenvalue weighted by Crippen LogP contribution is -2.24. The summed E-state index contributed by atoms with van der Waals surface area (Å²) >= 11 is 5.94. The Bertz CT molecular complexity index is 1190. The van der Waals surface area contributed by atoms with Crippen LogP contribution in [0.4, 0.5) is 8.78 Å². The van der Waals surface area contributed by atoms with Crippen molar-refractivity contribution in [2.24, 2.45) is 7.05 Å². The zero-order valence-electron chi connectivity index (χ0n) is 14.2. The molecule has 0 unspecified atom stereocenters. The van der Waals surface area contributed by atoms with Gasteiger partial charge in [0.2, 0.25) is 0 Å². The van der Waals surface area contributed by atoms with Crippen LogP contribution in [0.25, 0.3) is 16.9 Å². The number of fused-ring (bicyclic) bond motifs is 1. The summed E-state index contributed by atoms with van der Waals surface area (Å²) in [5, 5.41) is 0.521. The molecular weight excluding hydrogens is 374 g/mol. The van der Waals surface area contributed by atoms with E-state index in [2.05, 4.69) is 9.97 Å². The first-order valence-electron chi connectivity index (χ1n) is 8.06. The molecule has 0 spiro atoms. The summed E-state index contributed by atoms with van der Waals surface area (Å²) in [6.45, 7) is 0. The van der Waals surface area contributed by atoms with Gasteiger partial charge in [-0.15, -0.1) is 0 Å². The third-order valence-corrected chi connectivity index (χ3v) is 4.43. The number of imidazole rings is 1. The lowest BCUT2D eigenvalue weighted by atomic mass is 10.1. The van der Waals surface area contributed by atoms with Crippen molar-refractivity contribution >= 4 is 22.8 Å². The van der Waals surface area contributed by atoms with Crippen LogP contribution in [0.3, 0.4) is 0 Å². The molecule has 0 aliphatic carbocycles. The van der Waals surface area contributed by atoms with Gasteiger partial charge in [-0.05, 0) is 42.0 Å². The fourth-order valence-corrected chi connectivity index (χ4v) is 3.10. The molecule has 0 aliphatic heterocycles. The molecule has 0 saturated heterocycles. The first kappa shape index (κ1) is 17.4. The number of rotatable bonds is 3. The summed E-state index contributed by atoms with van der Waals surface area (Å²) in [5.74, 6) is -1.04. The second-order valence-corrected chi connectivity index (χ2v) is 6.56. The van der Waals surface area contributed by atoms with E-state index < -0.39 is 11.6 Å². The zero-order chi connectivity index (χ0) is 19.1. The molecule has 0 atom stereocenters. The Kier molecular flexibility index (Phi) is 4.24. The van der Waals surface area contributed by atoms with Gasteiger partial charge in [0.1, 0.15) is 17.5 Å². The fraction of sp³-hybridized carbons (Fsp3) is 0.105. The van der Waals surface area contributed by atoms with E-state index in [1.165, 1.54) is 23.0 Å². The van der Waals surface area contributed by atoms with Crippen molar-refractivity contribution in [2.75, 3.05) is 0 Å². The number of nitrogens with zero attached hydrogens (tertiary/aromatic N) is 4. The third-order valence-electron chi connectivity index (χ3n) is 4.17. The molecule has 136 valence electrons. The second kappa shape index (κ2) is 6.59. The van der Waals surface area contributed by atoms with Crippen molar-refractivity contribution in [1.29, 1.82) is 0 Å². The first-order chi connectivity index (χ1) is 12.9. The van der Waals surface area contributed by atoms with Gasteiger partial charge < -0.3 is 4.57 Å². The van der Waals surface area contributed by atoms with Crippen LogP contribution in [-0.2, 0) is 13.5 Å². The Hall–Kier alpha value is -3.06. The molecule has 2 aromatic carbocycles. The minimum Gasteiger partial charge on any atom is -0.318 e. The van der Waals surface area contributed by atoms with Gasteiger partial charge in [0.15, 0.2) is 11.2 Å². The van der Waals surface area contributed by atoms with Gasteiger partial charge in [-0.1, -0.05) is 11.6 Å². The zero-order valence-corrected chi connectivity index (χ0v) is 14.9. The van der Waals surface area contributed by atoms with Gasteiger partial charge in [-0.3, -0.25) is 9.36 Å². The smallest absolute Gasteiger partial charge is 0.286 e. The standard InChI is InChI=1S/C19H13ClF2N4O/c1-25-10-23-17-18(25)24-16(8-11-6-13(21)9-14(22)7-11)26(19(17)27)15-4-2-12(20)3-5-15/h2-7,9-10H,8H2,1H3. The maximum Gasteiger partial charge on any atom is 0.286 e. The highest BCUT2D eigenvalue weighted by Crippen LogP contribution is 2.18. The summed E-state index contributed by atoms with van der Waals surface area (Å²) < 4.78 is 30.2. The van der Waals surface area contributed by atoms with Crippen LogP contribution in [0, 0.1) is 11.6 Å². The van der Waals surface area contributed by atoms with E-state index >= 15 is 0 Å². The normalized spacial score (nSPS) is 11.3. The van der Waals surface area contributed by atoms with Gasteiger partial charge in [0.05, 0.1) is 12.0 Å². The molecule has 27 heavy (non-hydrogen) atoms. The Morgan fingerprint density at radius 3 is 2.41 bits per heavy atom. The molecule has 0 aliphatic rings. The minimum atomic E-state index is -0.688. The quantitative estimate of drug-likeness (QED) is 0.540. The Labute approximate surface area is 157 Å². The van der Waals surface area contributed by atoms with Crippen LogP contribution in [0.15, 0.2) is 53.6 Å². The average molecular weight is 387 g/mol. The lowest BCUT2D eigenvalue weighted by molar-refractivity contribution is 0.580. The van der Waals surface area contributed by atoms with E-state index in [1.807, 2.05) is 0 Å². The number of aryl methyl sites for hydroxylation is 1. The van der Waals surface area contributed by atoms with Gasteiger partial charge in [0, 0.05) is 24.6 Å². The van der Waals surface area contributed by atoms with E-state index in [-0.39, 0.29) is 17.5 Å².